The highest BCUT2D eigenvalue weighted by molar-refractivity contribution is 5.80. The van der Waals surface area contributed by atoms with Crippen molar-refractivity contribution in [2.45, 2.75) is 45.5 Å². The Morgan fingerprint density at radius 1 is 1.21 bits per heavy atom. The van der Waals surface area contributed by atoms with Gasteiger partial charge >= 0.3 is 6.18 Å². The minimum Gasteiger partial charge on any atom is -0.353 e. The number of nitrogens with one attached hydrogen (secondary N) is 2. The van der Waals surface area contributed by atoms with Crippen molar-refractivity contribution in [3.8, 4) is 5.69 Å². The van der Waals surface area contributed by atoms with Gasteiger partial charge in [0, 0.05) is 25.3 Å². The first-order chi connectivity index (χ1) is 13.3. The maximum Gasteiger partial charge on any atom is 0.416 e. The van der Waals surface area contributed by atoms with E-state index in [4.69, 9.17) is 0 Å². The third-order valence-electron chi connectivity index (χ3n) is 4.67. The molecular weight excluding hydrogens is 367 g/mol. The zero-order valence-corrected chi connectivity index (χ0v) is 16.1. The van der Waals surface area contributed by atoms with Crippen molar-refractivity contribution in [3.63, 3.8) is 0 Å². The van der Waals surface area contributed by atoms with Gasteiger partial charge in [0.25, 0.3) is 0 Å². The lowest BCUT2D eigenvalue weighted by Gasteiger charge is -2.19. The van der Waals surface area contributed by atoms with Crippen LogP contribution in [0, 0.1) is 13.8 Å². The molecule has 0 radical (unpaired) electrons. The minimum atomic E-state index is -4.46. The molecule has 150 valence electrons. The number of hydrogen-bond acceptors (Lipinski definition) is 2. The van der Waals surface area contributed by atoms with Gasteiger partial charge in [0.15, 0.2) is 5.96 Å². The van der Waals surface area contributed by atoms with Gasteiger partial charge in [-0.1, -0.05) is 18.2 Å². The smallest absolute Gasteiger partial charge is 0.353 e. The van der Waals surface area contributed by atoms with Gasteiger partial charge in [-0.05, 0) is 50.5 Å². The lowest BCUT2D eigenvalue weighted by atomic mass is 10.1. The lowest BCUT2D eigenvalue weighted by molar-refractivity contribution is -0.138. The molecule has 5 nitrogen and oxygen atoms in total. The van der Waals surface area contributed by atoms with Gasteiger partial charge in [0.1, 0.15) is 0 Å². The molecule has 0 spiro atoms. The Labute approximate surface area is 162 Å². The fourth-order valence-electron chi connectivity index (χ4n) is 3.31. The van der Waals surface area contributed by atoms with E-state index in [-0.39, 0.29) is 18.2 Å². The third kappa shape index (κ3) is 4.55. The summed E-state index contributed by atoms with van der Waals surface area (Å²) >= 11 is 0. The van der Waals surface area contributed by atoms with Crippen LogP contribution in [0.3, 0.4) is 0 Å². The molecule has 8 heteroatoms. The molecule has 1 aromatic carbocycles. The van der Waals surface area contributed by atoms with Crippen LogP contribution in [0.25, 0.3) is 5.69 Å². The van der Waals surface area contributed by atoms with Gasteiger partial charge < -0.3 is 10.6 Å². The van der Waals surface area contributed by atoms with Gasteiger partial charge in [0.05, 0.1) is 16.9 Å². The molecule has 0 amide bonds. The number of aryl methyl sites for hydroxylation is 2. The summed E-state index contributed by atoms with van der Waals surface area (Å²) in [5, 5.41) is 10.5. The monoisotopic (exact) mass is 391 g/mol. The van der Waals surface area contributed by atoms with Crippen molar-refractivity contribution in [3.05, 3.63) is 58.9 Å². The Morgan fingerprint density at radius 3 is 2.50 bits per heavy atom. The predicted molar refractivity (Wildman–Crippen MR) is 104 cm³/mol. The number of hydrogen-bond donors (Lipinski definition) is 2. The van der Waals surface area contributed by atoms with E-state index in [0.29, 0.717) is 11.6 Å². The molecule has 0 atom stereocenters. The number of guanidine groups is 1. The fraction of sp³-hybridized carbons (Fsp3) is 0.400. The summed E-state index contributed by atoms with van der Waals surface area (Å²) in [4.78, 5) is 4.11. The summed E-state index contributed by atoms with van der Waals surface area (Å²) < 4.78 is 42.5. The SMILES string of the molecule is CN=C(NCc1ccc(-n2nc(C)cc2C)cc1C(F)(F)F)NC1CC=CC1. The van der Waals surface area contributed by atoms with Crippen LogP contribution in [0.1, 0.15) is 35.4 Å². The number of halogens is 3. The second-order valence-electron chi connectivity index (χ2n) is 6.89. The summed E-state index contributed by atoms with van der Waals surface area (Å²) in [6.07, 6.45) is 1.45. The Bertz CT molecular complexity index is 888. The first-order valence-electron chi connectivity index (χ1n) is 9.14. The Morgan fingerprint density at radius 2 is 1.93 bits per heavy atom. The van der Waals surface area contributed by atoms with Crippen LogP contribution in [0.4, 0.5) is 13.2 Å². The van der Waals surface area contributed by atoms with Gasteiger partial charge in [-0.15, -0.1) is 0 Å². The molecule has 0 saturated carbocycles. The Hall–Kier alpha value is -2.77. The number of aliphatic imine (C=N–C) groups is 1. The van der Waals surface area contributed by atoms with Crippen molar-refractivity contribution in [2.75, 3.05) is 7.05 Å². The second kappa shape index (κ2) is 8.08. The average molecular weight is 391 g/mol. The summed E-state index contributed by atoms with van der Waals surface area (Å²) in [5.41, 5.74) is 1.41. The second-order valence-corrected chi connectivity index (χ2v) is 6.89. The van der Waals surface area contributed by atoms with E-state index in [1.54, 1.807) is 13.1 Å². The molecule has 2 N–H and O–H groups in total. The van der Waals surface area contributed by atoms with Crippen molar-refractivity contribution >= 4 is 5.96 Å². The highest BCUT2D eigenvalue weighted by Crippen LogP contribution is 2.33. The molecule has 0 bridgehead atoms. The van der Waals surface area contributed by atoms with E-state index < -0.39 is 11.7 Å². The maximum absolute atomic E-state index is 13.7. The number of nitrogens with zero attached hydrogens (tertiary/aromatic N) is 3. The van der Waals surface area contributed by atoms with E-state index >= 15 is 0 Å². The lowest BCUT2D eigenvalue weighted by Crippen LogP contribution is -2.42. The number of aromatic nitrogens is 2. The molecule has 3 rings (SSSR count). The number of rotatable bonds is 4. The molecule has 1 aliphatic rings. The molecular formula is C20H24F3N5. The van der Waals surface area contributed by atoms with E-state index in [9.17, 15) is 13.2 Å². The predicted octanol–water partition coefficient (Wildman–Crippen LogP) is 3.89. The first kappa shape index (κ1) is 20.0. The molecule has 28 heavy (non-hydrogen) atoms. The van der Waals surface area contributed by atoms with Gasteiger partial charge in [-0.25, -0.2) is 4.68 Å². The van der Waals surface area contributed by atoms with Gasteiger partial charge in [-0.3, -0.25) is 4.99 Å². The van der Waals surface area contributed by atoms with Crippen LogP contribution >= 0.6 is 0 Å². The van der Waals surface area contributed by atoms with Crippen LogP contribution in [0.15, 0.2) is 41.4 Å². The van der Waals surface area contributed by atoms with E-state index in [2.05, 4.69) is 32.9 Å². The van der Waals surface area contributed by atoms with Crippen molar-refractivity contribution < 1.29 is 13.2 Å². The van der Waals surface area contributed by atoms with Crippen molar-refractivity contribution in [1.82, 2.24) is 20.4 Å². The summed E-state index contributed by atoms with van der Waals surface area (Å²) in [6.45, 7) is 3.65. The van der Waals surface area contributed by atoms with Crippen LogP contribution < -0.4 is 10.6 Å². The molecule has 0 fully saturated rings. The van der Waals surface area contributed by atoms with Crippen LogP contribution in [-0.2, 0) is 12.7 Å². The van der Waals surface area contributed by atoms with E-state index in [0.717, 1.165) is 30.3 Å². The van der Waals surface area contributed by atoms with Crippen molar-refractivity contribution in [1.29, 1.82) is 0 Å². The third-order valence-corrected chi connectivity index (χ3v) is 4.67. The zero-order valence-electron chi connectivity index (χ0n) is 16.1. The topological polar surface area (TPSA) is 54.2 Å². The normalized spacial score (nSPS) is 15.3. The quantitative estimate of drug-likeness (QED) is 0.472. The highest BCUT2D eigenvalue weighted by atomic mass is 19.4. The molecule has 1 aromatic heterocycles. The molecule has 0 saturated heterocycles. The fourth-order valence-corrected chi connectivity index (χ4v) is 3.31. The van der Waals surface area contributed by atoms with E-state index in [1.807, 2.05) is 19.9 Å². The molecule has 0 unspecified atom stereocenters. The minimum absolute atomic E-state index is 0.0199. The number of alkyl halides is 3. The van der Waals surface area contributed by atoms with E-state index in [1.165, 1.54) is 10.7 Å². The summed E-state index contributed by atoms with van der Waals surface area (Å²) in [6, 6.07) is 6.35. The summed E-state index contributed by atoms with van der Waals surface area (Å²) in [7, 11) is 1.61. The van der Waals surface area contributed by atoms with Crippen molar-refractivity contribution in [2.24, 2.45) is 4.99 Å². The maximum atomic E-state index is 13.7. The molecule has 0 aliphatic heterocycles. The van der Waals surface area contributed by atoms with Crippen LogP contribution in [-0.4, -0.2) is 28.8 Å². The molecule has 1 aliphatic carbocycles. The largest absolute Gasteiger partial charge is 0.416 e. The molecule has 1 heterocycles. The van der Waals surface area contributed by atoms with Crippen LogP contribution in [0.5, 0.6) is 0 Å². The first-order valence-corrected chi connectivity index (χ1v) is 9.14. The summed E-state index contributed by atoms with van der Waals surface area (Å²) in [5.74, 6) is 0.490. The number of benzene rings is 1. The average Bonchev–Trinajstić information content (AvgIpc) is 3.26. The van der Waals surface area contributed by atoms with Crippen LogP contribution in [0.2, 0.25) is 0 Å². The highest BCUT2D eigenvalue weighted by Gasteiger charge is 2.34. The standard InChI is InChI=1S/C20H24F3N5/c1-13-10-14(2)28(27-13)17-9-8-15(18(11-17)20(21,22)23)12-25-19(24-3)26-16-6-4-5-7-16/h4-5,8-11,16H,6-7,12H2,1-3H3,(H2,24,25,26). The van der Waals surface area contributed by atoms with Gasteiger partial charge in [0.2, 0.25) is 0 Å². The molecule has 2 aromatic rings. The zero-order chi connectivity index (χ0) is 20.3. The Kier molecular flexibility index (Phi) is 5.76. The Balaban J connectivity index is 1.81. The van der Waals surface area contributed by atoms with Gasteiger partial charge in [-0.2, -0.15) is 18.3 Å².